The number of aromatic amines is 1. The van der Waals surface area contributed by atoms with Crippen molar-refractivity contribution < 1.29 is 9.53 Å². The molecular formula is C25H33N5O2S. The lowest BCUT2D eigenvalue weighted by atomic mass is 9.97. The van der Waals surface area contributed by atoms with Gasteiger partial charge in [-0.1, -0.05) is 62.1 Å². The van der Waals surface area contributed by atoms with Gasteiger partial charge in [0.05, 0.1) is 18.4 Å². The molecule has 1 aliphatic carbocycles. The fourth-order valence-electron chi connectivity index (χ4n) is 5.01. The zero-order valence-electron chi connectivity index (χ0n) is 19.1. The fourth-order valence-corrected chi connectivity index (χ4v) is 5.77. The standard InChI is InChI=1S/C25H33N5O2S/c31-23(27-18-9-4-2-1-3-5-10-18)17-33-25-29-28-24(30(25)16-19-11-8-14-32-19)21-15-26-22-13-7-6-12-20(21)22/h6-7,12-13,15,18-19,26H,1-5,8-11,14,16-17H2,(H,27,31). The average molecular weight is 468 g/mol. The summed E-state index contributed by atoms with van der Waals surface area (Å²) in [6, 6.07) is 8.53. The summed E-state index contributed by atoms with van der Waals surface area (Å²) < 4.78 is 8.05. The minimum Gasteiger partial charge on any atom is -0.376 e. The van der Waals surface area contributed by atoms with Crippen LogP contribution in [0.3, 0.4) is 0 Å². The lowest BCUT2D eigenvalue weighted by Gasteiger charge is -2.21. The number of amides is 1. The molecule has 1 aromatic carbocycles. The molecular weight excluding hydrogens is 434 g/mol. The number of hydrogen-bond donors (Lipinski definition) is 2. The molecule has 2 aliphatic rings. The van der Waals surface area contributed by atoms with Crippen LogP contribution in [0.25, 0.3) is 22.3 Å². The highest BCUT2D eigenvalue weighted by Gasteiger charge is 2.24. The molecule has 176 valence electrons. The van der Waals surface area contributed by atoms with E-state index in [4.69, 9.17) is 4.74 Å². The lowest BCUT2D eigenvalue weighted by molar-refractivity contribution is -0.119. The van der Waals surface area contributed by atoms with E-state index in [1.165, 1.54) is 43.9 Å². The first kappa shape index (κ1) is 22.5. The van der Waals surface area contributed by atoms with Crippen molar-refractivity contribution in [1.29, 1.82) is 0 Å². The van der Waals surface area contributed by atoms with E-state index in [0.717, 1.165) is 59.7 Å². The first-order valence-corrected chi connectivity index (χ1v) is 13.3. The maximum absolute atomic E-state index is 12.7. The molecule has 0 spiro atoms. The van der Waals surface area contributed by atoms with Gasteiger partial charge in [0.15, 0.2) is 11.0 Å². The van der Waals surface area contributed by atoms with Gasteiger partial charge in [0.1, 0.15) is 0 Å². The topological polar surface area (TPSA) is 84.8 Å². The van der Waals surface area contributed by atoms with Crippen molar-refractivity contribution in [3.63, 3.8) is 0 Å². The van der Waals surface area contributed by atoms with E-state index in [-0.39, 0.29) is 12.0 Å². The molecule has 33 heavy (non-hydrogen) atoms. The van der Waals surface area contributed by atoms with Gasteiger partial charge in [-0.15, -0.1) is 10.2 Å². The molecule has 2 N–H and O–H groups in total. The molecule has 1 aliphatic heterocycles. The summed E-state index contributed by atoms with van der Waals surface area (Å²) in [7, 11) is 0. The van der Waals surface area contributed by atoms with Crippen LogP contribution in [-0.2, 0) is 16.1 Å². The molecule has 0 radical (unpaired) electrons. The summed E-state index contributed by atoms with van der Waals surface area (Å²) in [6.07, 6.45) is 12.8. The average Bonchev–Trinajstić information content (AvgIpc) is 3.55. The van der Waals surface area contributed by atoms with Crippen LogP contribution in [0.1, 0.15) is 57.8 Å². The Hall–Kier alpha value is -2.32. The van der Waals surface area contributed by atoms with Gasteiger partial charge in [0.2, 0.25) is 5.91 Å². The maximum atomic E-state index is 12.7. The Morgan fingerprint density at radius 3 is 2.73 bits per heavy atom. The minimum absolute atomic E-state index is 0.0888. The Kier molecular flexibility index (Phi) is 7.31. The van der Waals surface area contributed by atoms with Gasteiger partial charge < -0.3 is 15.0 Å². The van der Waals surface area contributed by atoms with E-state index in [2.05, 4.69) is 37.2 Å². The van der Waals surface area contributed by atoms with Crippen molar-refractivity contribution in [2.45, 2.75) is 81.6 Å². The third kappa shape index (κ3) is 5.44. The largest absolute Gasteiger partial charge is 0.376 e. The summed E-state index contributed by atoms with van der Waals surface area (Å²) in [5, 5.41) is 14.2. The number of nitrogens with zero attached hydrogens (tertiary/aromatic N) is 3. The summed E-state index contributed by atoms with van der Waals surface area (Å²) in [6.45, 7) is 1.51. The number of nitrogens with one attached hydrogen (secondary N) is 2. The highest BCUT2D eigenvalue weighted by Crippen LogP contribution is 2.31. The highest BCUT2D eigenvalue weighted by atomic mass is 32.2. The molecule has 1 atom stereocenters. The van der Waals surface area contributed by atoms with E-state index in [9.17, 15) is 4.79 Å². The molecule has 5 rings (SSSR count). The van der Waals surface area contributed by atoms with E-state index < -0.39 is 0 Å². The summed E-state index contributed by atoms with van der Waals surface area (Å²) in [5.41, 5.74) is 2.11. The highest BCUT2D eigenvalue weighted by molar-refractivity contribution is 7.99. The minimum atomic E-state index is 0.0888. The summed E-state index contributed by atoms with van der Waals surface area (Å²) in [4.78, 5) is 16.1. The number of aromatic nitrogens is 4. The molecule has 3 aromatic rings. The Labute approximate surface area is 199 Å². The van der Waals surface area contributed by atoms with Crippen LogP contribution in [0.15, 0.2) is 35.6 Å². The molecule has 1 saturated carbocycles. The van der Waals surface area contributed by atoms with Crippen LogP contribution >= 0.6 is 11.8 Å². The number of H-pyrrole nitrogens is 1. The van der Waals surface area contributed by atoms with Crippen LogP contribution in [0, 0.1) is 0 Å². The maximum Gasteiger partial charge on any atom is 0.230 e. The van der Waals surface area contributed by atoms with Gasteiger partial charge in [-0.25, -0.2) is 0 Å². The Bertz CT molecular complexity index is 1060. The number of thioether (sulfide) groups is 1. The number of hydrogen-bond acceptors (Lipinski definition) is 5. The first-order chi connectivity index (χ1) is 16.3. The van der Waals surface area contributed by atoms with E-state index >= 15 is 0 Å². The number of fused-ring (bicyclic) bond motifs is 1. The van der Waals surface area contributed by atoms with Gasteiger partial charge in [-0.05, 0) is 31.7 Å². The number of para-hydroxylation sites is 1. The first-order valence-electron chi connectivity index (χ1n) is 12.3. The molecule has 2 fully saturated rings. The van der Waals surface area contributed by atoms with Gasteiger partial charge in [-0.2, -0.15) is 0 Å². The van der Waals surface area contributed by atoms with Crippen molar-refractivity contribution in [2.75, 3.05) is 12.4 Å². The zero-order chi connectivity index (χ0) is 22.5. The van der Waals surface area contributed by atoms with Gasteiger partial charge >= 0.3 is 0 Å². The third-order valence-corrected chi connectivity index (χ3v) is 7.73. The molecule has 1 amide bonds. The van der Waals surface area contributed by atoms with Crippen LogP contribution in [0.2, 0.25) is 0 Å². The quantitative estimate of drug-likeness (QED) is 0.482. The smallest absolute Gasteiger partial charge is 0.230 e. The van der Waals surface area contributed by atoms with Crippen molar-refractivity contribution in [2.24, 2.45) is 0 Å². The summed E-state index contributed by atoms with van der Waals surface area (Å²) >= 11 is 1.47. The molecule has 2 aromatic heterocycles. The molecule has 7 nitrogen and oxygen atoms in total. The van der Waals surface area contributed by atoms with Gasteiger partial charge in [-0.3, -0.25) is 9.36 Å². The van der Waals surface area contributed by atoms with Crippen LogP contribution in [0.4, 0.5) is 0 Å². The molecule has 1 unspecified atom stereocenters. The third-order valence-electron chi connectivity index (χ3n) is 6.76. The number of benzene rings is 1. The molecule has 3 heterocycles. The number of carbonyl (C=O) groups is 1. The van der Waals surface area contributed by atoms with E-state index in [1.54, 1.807) is 0 Å². The van der Waals surface area contributed by atoms with Crippen molar-refractivity contribution in [3.05, 3.63) is 30.5 Å². The second-order valence-electron chi connectivity index (χ2n) is 9.20. The van der Waals surface area contributed by atoms with E-state index in [1.807, 2.05) is 18.3 Å². The monoisotopic (exact) mass is 467 g/mol. The van der Waals surface area contributed by atoms with Crippen LogP contribution in [0.5, 0.6) is 0 Å². The Morgan fingerprint density at radius 2 is 1.91 bits per heavy atom. The second kappa shape index (κ2) is 10.7. The van der Waals surface area contributed by atoms with E-state index in [0.29, 0.717) is 18.3 Å². The number of rotatable bonds is 7. The van der Waals surface area contributed by atoms with Gasteiger partial charge in [0.25, 0.3) is 0 Å². The normalized spacial score (nSPS) is 20.1. The summed E-state index contributed by atoms with van der Waals surface area (Å²) in [5.74, 6) is 1.27. The number of ether oxygens (including phenoxy) is 1. The predicted octanol–water partition coefficient (Wildman–Crippen LogP) is 4.93. The van der Waals surface area contributed by atoms with Crippen LogP contribution in [-0.4, -0.2) is 50.2 Å². The molecule has 1 saturated heterocycles. The molecule has 8 heteroatoms. The Balaban J connectivity index is 1.32. The zero-order valence-corrected chi connectivity index (χ0v) is 19.9. The van der Waals surface area contributed by atoms with Crippen molar-refractivity contribution in [1.82, 2.24) is 25.1 Å². The second-order valence-corrected chi connectivity index (χ2v) is 10.1. The predicted molar refractivity (Wildman–Crippen MR) is 131 cm³/mol. The Morgan fingerprint density at radius 1 is 1.09 bits per heavy atom. The molecule has 0 bridgehead atoms. The van der Waals surface area contributed by atoms with Crippen LogP contribution < -0.4 is 5.32 Å². The fraction of sp³-hybridized carbons (Fsp3) is 0.560. The lowest BCUT2D eigenvalue weighted by Crippen LogP contribution is -2.36. The van der Waals surface area contributed by atoms with Crippen molar-refractivity contribution in [3.8, 4) is 11.4 Å². The number of carbonyl (C=O) groups excluding carboxylic acids is 1. The SMILES string of the molecule is O=C(CSc1nnc(-c2c[nH]c3ccccc23)n1CC1CCCO1)NC1CCCCCCC1. The van der Waals surface area contributed by atoms with Crippen molar-refractivity contribution >= 4 is 28.6 Å². The van der Waals surface area contributed by atoms with Gasteiger partial charge in [0, 0.05) is 35.3 Å².